The summed E-state index contributed by atoms with van der Waals surface area (Å²) in [5, 5.41) is 20.9. The summed E-state index contributed by atoms with van der Waals surface area (Å²) in [5.41, 5.74) is 7.77. The third-order valence-corrected chi connectivity index (χ3v) is 7.63. The maximum absolute atomic E-state index is 15.3. The van der Waals surface area contributed by atoms with Crippen LogP contribution in [0.25, 0.3) is 22.2 Å². The highest BCUT2D eigenvalue weighted by atomic mass is 19.1. The maximum atomic E-state index is 15.3. The summed E-state index contributed by atoms with van der Waals surface area (Å²) in [4.78, 5) is 35.2. The Morgan fingerprint density at radius 3 is 2.44 bits per heavy atom. The third-order valence-electron chi connectivity index (χ3n) is 7.63. The molecule has 1 amide bonds. The fourth-order valence-electron chi connectivity index (χ4n) is 5.04. The van der Waals surface area contributed by atoms with Crippen LogP contribution in [0.15, 0.2) is 70.7 Å². The molecular weight excluding hydrogens is 573 g/mol. The van der Waals surface area contributed by atoms with Gasteiger partial charge in [-0.25, -0.2) is 14.4 Å². The maximum Gasteiger partial charge on any atom is 0.282 e. The van der Waals surface area contributed by atoms with E-state index in [0.717, 1.165) is 22.4 Å². The van der Waals surface area contributed by atoms with Gasteiger partial charge in [-0.15, -0.1) is 0 Å². The molecule has 236 valence electrons. The molecule has 45 heavy (non-hydrogen) atoms. The molecule has 0 unspecified atom stereocenters. The van der Waals surface area contributed by atoms with Crippen LogP contribution in [-0.4, -0.2) is 45.1 Å². The zero-order valence-corrected chi connectivity index (χ0v) is 26.7. The molecule has 0 aliphatic rings. The molecule has 0 saturated carbocycles. The predicted octanol–water partition coefficient (Wildman–Crippen LogP) is 4.37. The Hall–Kier alpha value is -4.74. The molecule has 4 rings (SSSR count). The molecule has 2 aromatic carbocycles. The average Bonchev–Trinajstić information content (AvgIpc) is 2.99. The van der Waals surface area contributed by atoms with Gasteiger partial charge in [-0.2, -0.15) is 9.78 Å². The van der Waals surface area contributed by atoms with Gasteiger partial charge in [0.15, 0.2) is 5.82 Å². The lowest BCUT2D eigenvalue weighted by Gasteiger charge is -2.25. The van der Waals surface area contributed by atoms with Gasteiger partial charge in [0.05, 0.1) is 23.9 Å². The highest BCUT2D eigenvalue weighted by Gasteiger charge is 2.22. The summed E-state index contributed by atoms with van der Waals surface area (Å²) in [5.74, 6) is -0.859. The molecule has 4 aromatic rings. The van der Waals surface area contributed by atoms with E-state index in [1.165, 1.54) is 25.4 Å². The minimum atomic E-state index is -0.681. The number of rotatable bonds is 9. The quantitative estimate of drug-likeness (QED) is 0.205. The molecule has 0 aliphatic carbocycles. The second-order valence-corrected chi connectivity index (χ2v) is 12.2. The Balaban J connectivity index is 1.79. The van der Waals surface area contributed by atoms with Crippen LogP contribution in [0, 0.1) is 5.82 Å². The van der Waals surface area contributed by atoms with Gasteiger partial charge in [-0.1, -0.05) is 45.9 Å². The van der Waals surface area contributed by atoms with E-state index in [2.05, 4.69) is 25.7 Å². The number of fused-ring (bicyclic) bond motifs is 1. The van der Waals surface area contributed by atoms with Crippen molar-refractivity contribution < 1.29 is 14.3 Å². The number of aliphatic hydroxyl groups is 1. The summed E-state index contributed by atoms with van der Waals surface area (Å²) in [6.45, 7) is 12.3. The van der Waals surface area contributed by atoms with Crippen molar-refractivity contribution in [3.63, 3.8) is 0 Å². The molecular formula is C34H40FN7O3. The SMILES string of the molecule is CCNC(C)(C)c1ccc(N=C(C=C(N)c2cccc(-n3ncc4cc(C(C)(C)C)cc(F)c4c3=O)c2CO)C(=O)NC)nc1. The number of benzene rings is 2. The number of nitrogens with two attached hydrogens (primary N) is 1. The van der Waals surface area contributed by atoms with Crippen molar-refractivity contribution in [2.24, 2.45) is 10.7 Å². The number of carbonyl (C=O) groups is 1. The van der Waals surface area contributed by atoms with Gasteiger partial charge in [0.1, 0.15) is 11.5 Å². The average molecular weight is 614 g/mol. The number of aromatic nitrogens is 3. The number of carbonyl (C=O) groups excluding carboxylic acids is 1. The fraction of sp³-hybridized carbons (Fsp3) is 0.324. The molecule has 5 N–H and O–H groups in total. The number of nitrogens with one attached hydrogen (secondary N) is 2. The van der Waals surface area contributed by atoms with Crippen molar-refractivity contribution >= 4 is 33.9 Å². The normalized spacial score (nSPS) is 12.9. The number of hydrogen-bond acceptors (Lipinski definition) is 8. The van der Waals surface area contributed by atoms with Crippen LogP contribution in [-0.2, 0) is 22.4 Å². The molecule has 2 aromatic heterocycles. The molecule has 0 saturated heterocycles. The van der Waals surface area contributed by atoms with Gasteiger partial charge in [0.25, 0.3) is 11.5 Å². The van der Waals surface area contributed by atoms with Gasteiger partial charge in [-0.05, 0) is 67.3 Å². The second kappa shape index (κ2) is 13.1. The molecule has 10 nitrogen and oxygen atoms in total. The third kappa shape index (κ3) is 7.00. The highest BCUT2D eigenvalue weighted by Crippen LogP contribution is 2.28. The van der Waals surface area contributed by atoms with E-state index in [1.807, 2.05) is 47.6 Å². The molecule has 0 spiro atoms. The zero-order valence-electron chi connectivity index (χ0n) is 26.7. The summed E-state index contributed by atoms with van der Waals surface area (Å²) < 4.78 is 16.3. The Labute approximate surface area is 261 Å². The Morgan fingerprint density at radius 2 is 1.84 bits per heavy atom. The van der Waals surface area contributed by atoms with Crippen molar-refractivity contribution in [2.75, 3.05) is 13.6 Å². The lowest BCUT2D eigenvalue weighted by Crippen LogP contribution is -2.36. The number of aliphatic hydroxyl groups excluding tert-OH is 1. The minimum absolute atomic E-state index is 0.0202. The van der Waals surface area contributed by atoms with Gasteiger partial charge < -0.3 is 21.5 Å². The highest BCUT2D eigenvalue weighted by molar-refractivity contribution is 6.44. The zero-order chi connectivity index (χ0) is 33.1. The van der Waals surface area contributed by atoms with Crippen molar-refractivity contribution in [3.8, 4) is 5.69 Å². The van der Waals surface area contributed by atoms with Crippen LogP contribution >= 0.6 is 0 Å². The number of aliphatic imine (C=N–C) groups is 1. The first kappa shape index (κ1) is 33.2. The van der Waals surface area contributed by atoms with Gasteiger partial charge >= 0.3 is 0 Å². The van der Waals surface area contributed by atoms with E-state index in [4.69, 9.17) is 5.73 Å². The molecule has 0 bridgehead atoms. The molecule has 0 fully saturated rings. The molecule has 0 atom stereocenters. The summed E-state index contributed by atoms with van der Waals surface area (Å²) in [7, 11) is 1.47. The number of hydrogen-bond donors (Lipinski definition) is 4. The Morgan fingerprint density at radius 1 is 1.11 bits per heavy atom. The van der Waals surface area contributed by atoms with Crippen LogP contribution in [0.5, 0.6) is 0 Å². The van der Waals surface area contributed by atoms with Crippen molar-refractivity contribution in [2.45, 2.75) is 59.1 Å². The summed E-state index contributed by atoms with van der Waals surface area (Å²) in [6.07, 6.45) is 4.50. The van der Waals surface area contributed by atoms with Crippen molar-refractivity contribution in [1.29, 1.82) is 0 Å². The summed E-state index contributed by atoms with van der Waals surface area (Å²) in [6, 6.07) is 11.6. The van der Waals surface area contributed by atoms with Gasteiger partial charge in [0.2, 0.25) is 0 Å². The van der Waals surface area contributed by atoms with Crippen LogP contribution < -0.4 is 21.9 Å². The van der Waals surface area contributed by atoms with Crippen LogP contribution in [0.1, 0.15) is 63.8 Å². The van der Waals surface area contributed by atoms with E-state index in [1.54, 1.807) is 36.5 Å². The fourth-order valence-corrected chi connectivity index (χ4v) is 5.04. The number of halogens is 1. The van der Waals surface area contributed by atoms with Crippen LogP contribution in [0.2, 0.25) is 0 Å². The lowest BCUT2D eigenvalue weighted by molar-refractivity contribution is -0.114. The first-order valence-corrected chi connectivity index (χ1v) is 14.7. The van der Waals surface area contributed by atoms with Crippen LogP contribution in [0.3, 0.4) is 0 Å². The summed E-state index contributed by atoms with van der Waals surface area (Å²) >= 11 is 0. The first-order chi connectivity index (χ1) is 21.2. The van der Waals surface area contributed by atoms with E-state index in [0.29, 0.717) is 16.8 Å². The Kier molecular flexibility index (Phi) is 9.65. The smallest absolute Gasteiger partial charge is 0.282 e. The molecule has 2 heterocycles. The van der Waals surface area contributed by atoms with Crippen LogP contribution in [0.4, 0.5) is 10.2 Å². The standard InChI is InChI=1S/C34H40FN7O3/c1-8-39-34(5,6)21-12-13-29(38-18-21)41-27(31(44)37-7)16-26(36)23-10-9-11-28(24(23)19-43)42-32(45)30-20(17-40-42)14-22(15-25(30)35)33(2,3)4/h9-18,39,43H,8,19,36H2,1-7H3,(H,37,44). The number of nitrogens with zero attached hydrogens (tertiary/aromatic N) is 4. The van der Waals surface area contributed by atoms with Crippen molar-refractivity contribution in [1.82, 2.24) is 25.4 Å². The van der Waals surface area contributed by atoms with Gasteiger partial charge in [0, 0.05) is 41.0 Å². The topological polar surface area (TPSA) is 148 Å². The predicted molar refractivity (Wildman–Crippen MR) is 176 cm³/mol. The first-order valence-electron chi connectivity index (χ1n) is 14.7. The molecule has 0 radical (unpaired) electrons. The largest absolute Gasteiger partial charge is 0.398 e. The van der Waals surface area contributed by atoms with E-state index < -0.39 is 23.9 Å². The second-order valence-electron chi connectivity index (χ2n) is 12.2. The van der Waals surface area contributed by atoms with E-state index in [9.17, 15) is 14.7 Å². The van der Waals surface area contributed by atoms with Crippen molar-refractivity contribution in [3.05, 3.63) is 99.4 Å². The molecule has 0 aliphatic heterocycles. The Bertz CT molecular complexity index is 1850. The molecule has 11 heteroatoms. The minimum Gasteiger partial charge on any atom is -0.398 e. The number of pyridine rings is 1. The lowest BCUT2D eigenvalue weighted by atomic mass is 9.86. The van der Waals surface area contributed by atoms with E-state index >= 15 is 4.39 Å². The monoisotopic (exact) mass is 613 g/mol. The van der Waals surface area contributed by atoms with Gasteiger partial charge in [-0.3, -0.25) is 9.59 Å². The number of amides is 1. The van der Waals surface area contributed by atoms with E-state index in [-0.39, 0.29) is 39.0 Å².